The van der Waals surface area contributed by atoms with Crippen molar-refractivity contribution in [2.45, 2.75) is 25.3 Å². The lowest BCUT2D eigenvalue weighted by Gasteiger charge is -2.23. The summed E-state index contributed by atoms with van der Waals surface area (Å²) in [6.45, 7) is 1.80. The van der Waals surface area contributed by atoms with Crippen LogP contribution in [0.2, 0.25) is 0 Å². The zero-order valence-corrected chi connectivity index (χ0v) is 11.4. The van der Waals surface area contributed by atoms with E-state index in [2.05, 4.69) is 26.6 Å². The number of halogens is 1. The molecule has 0 aliphatic carbocycles. The van der Waals surface area contributed by atoms with E-state index in [-0.39, 0.29) is 5.91 Å². The first kappa shape index (κ1) is 12.1. The Morgan fingerprint density at radius 3 is 3.12 bits per heavy atom. The molecule has 2 rings (SSSR count). The molecule has 1 fully saturated rings. The van der Waals surface area contributed by atoms with E-state index in [1.807, 2.05) is 11.4 Å². The van der Waals surface area contributed by atoms with E-state index in [4.69, 9.17) is 0 Å². The molecule has 1 unspecified atom stereocenters. The second kappa shape index (κ2) is 5.80. The van der Waals surface area contributed by atoms with Crippen molar-refractivity contribution in [1.29, 1.82) is 0 Å². The third-order valence-corrected chi connectivity index (χ3v) is 4.26. The van der Waals surface area contributed by atoms with E-state index in [0.717, 1.165) is 28.9 Å². The average Bonchev–Trinajstić information content (AvgIpc) is 2.74. The molecule has 2 N–H and O–H groups in total. The van der Waals surface area contributed by atoms with Crippen LogP contribution in [-0.2, 0) is 0 Å². The molecular weight excluding hydrogens is 288 g/mol. The van der Waals surface area contributed by atoms with Gasteiger partial charge in [0, 0.05) is 18.0 Å². The molecule has 1 aromatic heterocycles. The summed E-state index contributed by atoms with van der Waals surface area (Å²) in [6, 6.07) is 2.30. The number of piperidine rings is 1. The van der Waals surface area contributed by atoms with Crippen molar-refractivity contribution in [2.75, 3.05) is 13.1 Å². The Bertz CT molecular complexity index is 361. The van der Waals surface area contributed by atoms with Gasteiger partial charge in [0.15, 0.2) is 0 Å². The van der Waals surface area contributed by atoms with Gasteiger partial charge >= 0.3 is 0 Å². The predicted octanol–water partition coefficient (Wildman–Crippen LogP) is 2.38. The van der Waals surface area contributed by atoms with Gasteiger partial charge in [-0.15, -0.1) is 11.3 Å². The summed E-state index contributed by atoms with van der Waals surface area (Å²) in [5.41, 5.74) is 0.743. The average molecular weight is 303 g/mol. The number of rotatable bonds is 3. The summed E-state index contributed by atoms with van der Waals surface area (Å²) in [5, 5.41) is 8.24. The maximum Gasteiger partial charge on any atom is 0.252 e. The number of nitrogens with one attached hydrogen (secondary N) is 2. The summed E-state index contributed by atoms with van der Waals surface area (Å²) < 4.78 is 0.994. The van der Waals surface area contributed by atoms with Crippen LogP contribution < -0.4 is 10.6 Å². The molecule has 0 radical (unpaired) electrons. The SMILES string of the molecule is O=C(NCC1CCCCN1)c1csc(Br)c1. The maximum atomic E-state index is 11.7. The summed E-state index contributed by atoms with van der Waals surface area (Å²) in [5.74, 6) is 0.0225. The lowest BCUT2D eigenvalue weighted by Crippen LogP contribution is -2.43. The quantitative estimate of drug-likeness (QED) is 0.900. The molecule has 3 nitrogen and oxygen atoms in total. The van der Waals surface area contributed by atoms with Crippen molar-refractivity contribution in [3.63, 3.8) is 0 Å². The lowest BCUT2D eigenvalue weighted by molar-refractivity contribution is 0.0948. The molecule has 16 heavy (non-hydrogen) atoms. The Kier molecular flexibility index (Phi) is 4.37. The van der Waals surface area contributed by atoms with E-state index in [1.165, 1.54) is 24.2 Å². The number of thiophene rings is 1. The van der Waals surface area contributed by atoms with E-state index < -0.39 is 0 Å². The van der Waals surface area contributed by atoms with E-state index in [0.29, 0.717) is 6.04 Å². The van der Waals surface area contributed by atoms with Crippen LogP contribution in [0.5, 0.6) is 0 Å². The normalized spacial score (nSPS) is 20.7. The topological polar surface area (TPSA) is 41.1 Å². The zero-order valence-electron chi connectivity index (χ0n) is 8.96. The van der Waals surface area contributed by atoms with Crippen LogP contribution in [0.3, 0.4) is 0 Å². The van der Waals surface area contributed by atoms with Crippen LogP contribution >= 0.6 is 27.3 Å². The molecule has 88 valence electrons. The molecule has 0 aromatic carbocycles. The molecule has 1 aromatic rings. The van der Waals surface area contributed by atoms with Crippen LogP contribution in [0, 0.1) is 0 Å². The van der Waals surface area contributed by atoms with Gasteiger partial charge in [0.2, 0.25) is 0 Å². The van der Waals surface area contributed by atoms with Gasteiger partial charge < -0.3 is 10.6 Å². The Morgan fingerprint density at radius 2 is 2.50 bits per heavy atom. The number of carbonyl (C=O) groups excluding carboxylic acids is 1. The molecule has 0 bridgehead atoms. The van der Waals surface area contributed by atoms with Gasteiger partial charge in [0.25, 0.3) is 5.91 Å². The van der Waals surface area contributed by atoms with E-state index in [9.17, 15) is 4.79 Å². The van der Waals surface area contributed by atoms with E-state index >= 15 is 0 Å². The van der Waals surface area contributed by atoms with Gasteiger partial charge in [-0.3, -0.25) is 4.79 Å². The second-order valence-electron chi connectivity index (χ2n) is 4.00. The van der Waals surface area contributed by atoms with E-state index in [1.54, 1.807) is 0 Å². The fraction of sp³-hybridized carbons (Fsp3) is 0.545. The van der Waals surface area contributed by atoms with Gasteiger partial charge in [-0.05, 0) is 41.4 Å². The molecular formula is C11H15BrN2OS. The number of hydrogen-bond donors (Lipinski definition) is 2. The molecule has 2 heterocycles. The highest BCUT2D eigenvalue weighted by molar-refractivity contribution is 9.11. The highest BCUT2D eigenvalue weighted by Crippen LogP contribution is 2.20. The lowest BCUT2D eigenvalue weighted by atomic mass is 10.1. The van der Waals surface area contributed by atoms with Crippen molar-refractivity contribution in [2.24, 2.45) is 0 Å². The maximum absolute atomic E-state index is 11.7. The smallest absolute Gasteiger partial charge is 0.252 e. The summed E-state index contributed by atoms with van der Waals surface area (Å²) in [4.78, 5) is 11.7. The second-order valence-corrected chi connectivity index (χ2v) is 6.29. The predicted molar refractivity (Wildman–Crippen MR) is 70.0 cm³/mol. The van der Waals surface area contributed by atoms with Crippen molar-refractivity contribution in [3.8, 4) is 0 Å². The van der Waals surface area contributed by atoms with Crippen LogP contribution in [0.1, 0.15) is 29.6 Å². The summed E-state index contributed by atoms with van der Waals surface area (Å²) in [7, 11) is 0. The molecule has 0 spiro atoms. The first-order valence-electron chi connectivity index (χ1n) is 5.51. The van der Waals surface area contributed by atoms with Gasteiger partial charge in [0.05, 0.1) is 9.35 Å². The molecule has 1 aliphatic heterocycles. The number of carbonyl (C=O) groups is 1. The Morgan fingerprint density at radius 1 is 1.62 bits per heavy atom. The van der Waals surface area contributed by atoms with Gasteiger partial charge in [0.1, 0.15) is 0 Å². The first-order chi connectivity index (χ1) is 7.75. The fourth-order valence-electron chi connectivity index (χ4n) is 1.85. The summed E-state index contributed by atoms with van der Waals surface area (Å²) >= 11 is 4.89. The minimum atomic E-state index is 0.0225. The van der Waals surface area contributed by atoms with Crippen molar-refractivity contribution in [3.05, 3.63) is 20.8 Å². The van der Waals surface area contributed by atoms with Crippen molar-refractivity contribution in [1.82, 2.24) is 10.6 Å². The standard InChI is InChI=1S/C11H15BrN2OS/c12-10-5-8(7-16-10)11(15)14-6-9-3-1-2-4-13-9/h5,7,9,13H,1-4,6H2,(H,14,15). The molecule has 1 aliphatic rings. The Hall–Kier alpha value is -0.390. The molecule has 1 amide bonds. The van der Waals surface area contributed by atoms with Crippen molar-refractivity contribution >= 4 is 33.2 Å². The Balaban J connectivity index is 1.79. The molecule has 5 heteroatoms. The van der Waals surface area contributed by atoms with Crippen LogP contribution in [0.4, 0.5) is 0 Å². The fourth-order valence-corrected chi connectivity index (χ4v) is 2.98. The summed E-state index contributed by atoms with van der Waals surface area (Å²) in [6.07, 6.45) is 3.67. The molecule has 0 saturated carbocycles. The molecule has 1 saturated heterocycles. The number of amides is 1. The molecule has 1 atom stereocenters. The minimum Gasteiger partial charge on any atom is -0.350 e. The van der Waals surface area contributed by atoms with Crippen LogP contribution in [-0.4, -0.2) is 25.0 Å². The highest BCUT2D eigenvalue weighted by atomic mass is 79.9. The first-order valence-corrected chi connectivity index (χ1v) is 7.18. The van der Waals surface area contributed by atoms with Crippen LogP contribution in [0.15, 0.2) is 15.2 Å². The number of hydrogen-bond acceptors (Lipinski definition) is 3. The van der Waals surface area contributed by atoms with Crippen molar-refractivity contribution < 1.29 is 4.79 Å². The van der Waals surface area contributed by atoms with Gasteiger partial charge in [-0.2, -0.15) is 0 Å². The van der Waals surface area contributed by atoms with Gasteiger partial charge in [-0.25, -0.2) is 0 Å². The Labute approximate surface area is 108 Å². The third-order valence-electron chi connectivity index (χ3n) is 2.75. The zero-order chi connectivity index (χ0) is 11.4. The monoisotopic (exact) mass is 302 g/mol. The largest absolute Gasteiger partial charge is 0.350 e. The van der Waals surface area contributed by atoms with Crippen LogP contribution in [0.25, 0.3) is 0 Å². The third kappa shape index (κ3) is 3.30. The highest BCUT2D eigenvalue weighted by Gasteiger charge is 2.14. The minimum absolute atomic E-state index is 0.0225. The van der Waals surface area contributed by atoms with Gasteiger partial charge in [-0.1, -0.05) is 6.42 Å².